The van der Waals surface area contributed by atoms with Crippen molar-refractivity contribution >= 4 is 5.97 Å². The number of nitrogens with zero attached hydrogens (tertiary/aromatic N) is 1. The van der Waals surface area contributed by atoms with Gasteiger partial charge in [-0.3, -0.25) is 4.90 Å². The Balaban J connectivity index is 2.77. The number of para-hydroxylation sites is 1. The monoisotopic (exact) mass is 251 g/mol. The molecule has 18 heavy (non-hydrogen) atoms. The molecule has 0 heterocycles. The van der Waals surface area contributed by atoms with Crippen LogP contribution in [0.15, 0.2) is 24.3 Å². The van der Waals surface area contributed by atoms with E-state index in [-0.39, 0.29) is 11.1 Å². The van der Waals surface area contributed by atoms with Gasteiger partial charge in [-0.05, 0) is 39.4 Å². The number of hydrogen-bond donors (Lipinski definition) is 1. The van der Waals surface area contributed by atoms with Crippen LogP contribution in [-0.4, -0.2) is 34.8 Å². The van der Waals surface area contributed by atoms with Gasteiger partial charge >= 0.3 is 5.97 Å². The predicted octanol–water partition coefficient (Wildman–Crippen LogP) is 2.84. The van der Waals surface area contributed by atoms with Crippen LogP contribution in [0.2, 0.25) is 0 Å². The fourth-order valence-electron chi connectivity index (χ4n) is 1.68. The minimum absolute atomic E-state index is 0.00703. The lowest BCUT2D eigenvalue weighted by Crippen LogP contribution is -2.43. The molecule has 0 aliphatic rings. The summed E-state index contributed by atoms with van der Waals surface area (Å²) in [5, 5.41) is 9.05. The number of carboxylic acids is 1. The lowest BCUT2D eigenvalue weighted by atomic mass is 10.1. The molecule has 0 spiro atoms. The van der Waals surface area contributed by atoms with Gasteiger partial charge < -0.3 is 9.84 Å². The molecule has 4 nitrogen and oxygen atoms in total. The summed E-state index contributed by atoms with van der Waals surface area (Å²) in [5.74, 6) is -0.558. The minimum atomic E-state index is -0.968. The van der Waals surface area contributed by atoms with Crippen LogP contribution in [0, 0.1) is 0 Å². The van der Waals surface area contributed by atoms with Crippen molar-refractivity contribution in [2.45, 2.75) is 33.2 Å². The zero-order valence-corrected chi connectivity index (χ0v) is 11.4. The van der Waals surface area contributed by atoms with Crippen LogP contribution in [0.25, 0.3) is 0 Å². The third-order valence-electron chi connectivity index (χ3n) is 2.82. The van der Waals surface area contributed by atoms with E-state index in [1.165, 1.54) is 0 Å². The number of rotatable bonds is 5. The Morgan fingerprint density at radius 1 is 1.33 bits per heavy atom. The average molecular weight is 251 g/mol. The van der Waals surface area contributed by atoms with Crippen LogP contribution in [-0.2, 0) is 0 Å². The summed E-state index contributed by atoms with van der Waals surface area (Å²) >= 11 is 0. The summed E-state index contributed by atoms with van der Waals surface area (Å²) in [6, 6.07) is 6.69. The van der Waals surface area contributed by atoms with Crippen molar-refractivity contribution in [1.29, 1.82) is 0 Å². The van der Waals surface area contributed by atoms with Gasteiger partial charge in [-0.15, -0.1) is 0 Å². The van der Waals surface area contributed by atoms with Crippen LogP contribution in [0.5, 0.6) is 5.75 Å². The van der Waals surface area contributed by atoms with Crippen molar-refractivity contribution in [3.05, 3.63) is 29.8 Å². The first kappa shape index (κ1) is 14.5. The smallest absolute Gasteiger partial charge is 0.339 e. The third-order valence-corrected chi connectivity index (χ3v) is 2.82. The van der Waals surface area contributed by atoms with E-state index in [9.17, 15) is 4.79 Å². The molecule has 1 N–H and O–H groups in total. The molecule has 0 aliphatic carbocycles. The summed E-state index contributed by atoms with van der Waals surface area (Å²) in [6.45, 7) is 9.58. The third kappa shape index (κ3) is 3.74. The van der Waals surface area contributed by atoms with E-state index < -0.39 is 5.97 Å². The zero-order chi connectivity index (χ0) is 13.8. The number of ether oxygens (including phenoxy) is 1. The summed E-state index contributed by atoms with van der Waals surface area (Å²) in [7, 11) is 0. The van der Waals surface area contributed by atoms with Gasteiger partial charge in [0, 0.05) is 5.54 Å². The van der Waals surface area contributed by atoms with E-state index in [0.717, 1.165) is 6.54 Å². The second-order valence-corrected chi connectivity index (χ2v) is 5.10. The molecular weight excluding hydrogens is 230 g/mol. The fraction of sp³-hybridized carbons (Fsp3) is 0.500. The molecule has 4 heteroatoms. The van der Waals surface area contributed by atoms with E-state index in [4.69, 9.17) is 9.84 Å². The van der Waals surface area contributed by atoms with E-state index >= 15 is 0 Å². The highest BCUT2D eigenvalue weighted by Gasteiger charge is 2.20. The topological polar surface area (TPSA) is 49.8 Å². The van der Waals surface area contributed by atoms with Crippen LogP contribution in [0.4, 0.5) is 0 Å². The van der Waals surface area contributed by atoms with Gasteiger partial charge in [0.2, 0.25) is 0 Å². The molecule has 100 valence electrons. The zero-order valence-electron chi connectivity index (χ0n) is 11.4. The highest BCUT2D eigenvalue weighted by molar-refractivity contribution is 5.90. The van der Waals surface area contributed by atoms with Gasteiger partial charge in [0.1, 0.15) is 18.0 Å². The Morgan fingerprint density at radius 2 is 1.94 bits per heavy atom. The summed E-state index contributed by atoms with van der Waals surface area (Å²) in [6.07, 6.45) is 0. The van der Waals surface area contributed by atoms with E-state index in [0.29, 0.717) is 12.5 Å². The Morgan fingerprint density at radius 3 is 2.44 bits per heavy atom. The van der Waals surface area contributed by atoms with Gasteiger partial charge in [-0.25, -0.2) is 4.79 Å². The first-order valence-electron chi connectivity index (χ1n) is 6.06. The predicted molar refractivity (Wildman–Crippen MR) is 71.0 cm³/mol. The molecule has 0 atom stereocenters. The molecule has 0 amide bonds. The number of carboxylic acid groups (broad SMARTS) is 1. The minimum Gasteiger partial charge on any atom is -0.478 e. The summed E-state index contributed by atoms with van der Waals surface area (Å²) in [4.78, 5) is 13.2. The fourth-order valence-corrected chi connectivity index (χ4v) is 1.68. The van der Waals surface area contributed by atoms with Crippen molar-refractivity contribution in [1.82, 2.24) is 4.90 Å². The molecule has 0 unspecified atom stereocenters. The largest absolute Gasteiger partial charge is 0.478 e. The van der Waals surface area contributed by atoms with Crippen molar-refractivity contribution in [3.8, 4) is 5.75 Å². The van der Waals surface area contributed by atoms with Crippen LogP contribution < -0.4 is 4.74 Å². The van der Waals surface area contributed by atoms with Crippen LogP contribution in [0.1, 0.15) is 38.1 Å². The highest BCUT2D eigenvalue weighted by atomic mass is 16.5. The highest BCUT2D eigenvalue weighted by Crippen LogP contribution is 2.19. The van der Waals surface area contributed by atoms with Crippen molar-refractivity contribution in [2.75, 3.05) is 13.3 Å². The van der Waals surface area contributed by atoms with Gasteiger partial charge in [0.05, 0.1) is 0 Å². The van der Waals surface area contributed by atoms with Crippen molar-refractivity contribution < 1.29 is 14.6 Å². The summed E-state index contributed by atoms with van der Waals surface area (Å²) in [5.41, 5.74) is 0.190. The summed E-state index contributed by atoms with van der Waals surface area (Å²) < 4.78 is 5.62. The lowest BCUT2D eigenvalue weighted by Gasteiger charge is -2.34. The van der Waals surface area contributed by atoms with E-state index in [2.05, 4.69) is 32.6 Å². The normalized spacial score (nSPS) is 11.6. The Labute approximate surface area is 108 Å². The molecule has 0 saturated heterocycles. The van der Waals surface area contributed by atoms with E-state index in [1.807, 2.05) is 0 Å². The molecule has 1 aromatic rings. The van der Waals surface area contributed by atoms with Gasteiger partial charge in [0.15, 0.2) is 0 Å². The molecule has 1 rings (SSSR count). The average Bonchev–Trinajstić information content (AvgIpc) is 2.28. The standard InChI is InChI=1S/C14H21NO3/c1-5-15(14(2,3)4)10-18-12-9-7-6-8-11(12)13(16)17/h6-9H,5,10H2,1-4H3,(H,16,17). The van der Waals surface area contributed by atoms with Crippen LogP contribution in [0.3, 0.4) is 0 Å². The molecule has 0 radical (unpaired) electrons. The van der Waals surface area contributed by atoms with Crippen molar-refractivity contribution in [3.63, 3.8) is 0 Å². The number of carbonyl (C=O) groups is 1. The van der Waals surface area contributed by atoms with Gasteiger partial charge in [-0.1, -0.05) is 19.1 Å². The van der Waals surface area contributed by atoms with Crippen molar-refractivity contribution in [2.24, 2.45) is 0 Å². The Hall–Kier alpha value is -1.55. The first-order chi connectivity index (χ1) is 8.36. The van der Waals surface area contributed by atoms with Gasteiger partial charge in [-0.2, -0.15) is 0 Å². The lowest BCUT2D eigenvalue weighted by molar-refractivity contribution is 0.0502. The first-order valence-corrected chi connectivity index (χ1v) is 6.06. The SMILES string of the molecule is CCN(COc1ccccc1C(=O)O)C(C)(C)C. The molecule has 1 aromatic carbocycles. The Bertz CT molecular complexity index is 410. The molecule has 0 saturated carbocycles. The second-order valence-electron chi connectivity index (χ2n) is 5.10. The molecule has 0 aromatic heterocycles. The number of hydrogen-bond acceptors (Lipinski definition) is 3. The number of aromatic carboxylic acids is 1. The maximum atomic E-state index is 11.0. The second kappa shape index (κ2) is 5.87. The van der Waals surface area contributed by atoms with Gasteiger partial charge in [0.25, 0.3) is 0 Å². The maximum Gasteiger partial charge on any atom is 0.339 e. The molecule has 0 aliphatic heterocycles. The quantitative estimate of drug-likeness (QED) is 0.817. The maximum absolute atomic E-state index is 11.0. The molecule has 0 bridgehead atoms. The van der Waals surface area contributed by atoms with Crippen LogP contribution >= 0.6 is 0 Å². The van der Waals surface area contributed by atoms with E-state index in [1.54, 1.807) is 24.3 Å². The molecular formula is C14H21NO3. The molecule has 0 fully saturated rings. The Kier molecular flexibility index (Phi) is 4.73. The number of benzene rings is 1.